The van der Waals surface area contributed by atoms with Gasteiger partial charge in [0.1, 0.15) is 24.6 Å². The van der Waals surface area contributed by atoms with E-state index in [-0.39, 0.29) is 38.8 Å². The highest BCUT2D eigenvalue weighted by atomic mass is 19.4. The predicted octanol–water partition coefficient (Wildman–Crippen LogP) is 1.87. The van der Waals surface area contributed by atoms with E-state index in [1.54, 1.807) is 37.8 Å². The van der Waals surface area contributed by atoms with Gasteiger partial charge < -0.3 is 24.5 Å². The van der Waals surface area contributed by atoms with Crippen molar-refractivity contribution in [1.29, 1.82) is 0 Å². The summed E-state index contributed by atoms with van der Waals surface area (Å²) in [5.74, 6) is 3.24. The molecule has 1 aromatic rings. The minimum atomic E-state index is -5.07. The lowest BCUT2D eigenvalue weighted by atomic mass is 9.99. The fourth-order valence-corrected chi connectivity index (χ4v) is 3.03. The summed E-state index contributed by atoms with van der Waals surface area (Å²) in [5, 5.41) is 4.32. The van der Waals surface area contributed by atoms with Crippen LogP contribution in [-0.4, -0.2) is 67.5 Å². The average molecular weight is 489 g/mol. The zero-order valence-corrected chi connectivity index (χ0v) is 19.3. The average Bonchev–Trinajstić information content (AvgIpc) is 2.73. The number of hydrogen-bond donors (Lipinski definition) is 3. The summed E-state index contributed by atoms with van der Waals surface area (Å²) in [7, 11) is 0. The number of benzene rings is 1. The third kappa shape index (κ3) is 9.06. The molecule has 0 spiro atoms. The molecule has 34 heavy (non-hydrogen) atoms. The number of rotatable bonds is 7. The number of guanidine groups is 1. The van der Waals surface area contributed by atoms with E-state index in [9.17, 15) is 22.8 Å². The second-order valence-corrected chi connectivity index (χ2v) is 8.41. The summed E-state index contributed by atoms with van der Waals surface area (Å²) in [5.41, 5.74) is 1.13. The molecule has 0 saturated carbocycles. The molecule has 1 heterocycles. The molecule has 190 valence electrons. The van der Waals surface area contributed by atoms with E-state index in [2.05, 4.69) is 15.1 Å². The molecule has 2 rings (SSSR count). The lowest BCUT2D eigenvalue weighted by molar-refractivity contribution is -0.172. The molecule has 0 radical (unpaired) electrons. The standard InChI is InChI=1S/C21H30F3N5O5/c1-20(2,3)34-19(31)27-8-7-26-18(28-17(30)21(22,23)24)29-9-6-14-12-16(32-10-11-33-25)5-4-15(14)13-29/h4-5,12H,6-11,13,25H2,1-3H3,(H,27,31)(H,26,28,30). The third-order valence-corrected chi connectivity index (χ3v) is 4.48. The number of nitrogens with two attached hydrogens (primary N) is 1. The second-order valence-electron chi connectivity index (χ2n) is 8.41. The Morgan fingerprint density at radius 3 is 2.56 bits per heavy atom. The quantitative estimate of drug-likeness (QED) is 0.231. The first-order chi connectivity index (χ1) is 15.9. The van der Waals surface area contributed by atoms with E-state index >= 15 is 0 Å². The third-order valence-electron chi connectivity index (χ3n) is 4.48. The van der Waals surface area contributed by atoms with Gasteiger partial charge in [-0.3, -0.25) is 15.1 Å². The molecular weight excluding hydrogens is 459 g/mol. The number of alkyl halides is 3. The van der Waals surface area contributed by atoms with Gasteiger partial charge in [-0.2, -0.15) is 13.2 Å². The van der Waals surface area contributed by atoms with Gasteiger partial charge in [-0.05, 0) is 50.5 Å². The molecule has 13 heteroatoms. The van der Waals surface area contributed by atoms with Gasteiger partial charge in [-0.1, -0.05) is 6.07 Å². The molecule has 10 nitrogen and oxygen atoms in total. The van der Waals surface area contributed by atoms with E-state index in [1.807, 2.05) is 11.4 Å². The van der Waals surface area contributed by atoms with E-state index in [4.69, 9.17) is 15.4 Å². The highest BCUT2D eigenvalue weighted by molar-refractivity contribution is 5.99. The maximum atomic E-state index is 12.8. The summed E-state index contributed by atoms with van der Waals surface area (Å²) in [4.78, 5) is 33.4. The Morgan fingerprint density at radius 1 is 1.18 bits per heavy atom. The fourth-order valence-electron chi connectivity index (χ4n) is 3.03. The van der Waals surface area contributed by atoms with Crippen molar-refractivity contribution < 1.29 is 37.1 Å². The minimum absolute atomic E-state index is 0.0118. The van der Waals surface area contributed by atoms with Crippen LogP contribution in [0, 0.1) is 0 Å². The number of halogens is 3. The van der Waals surface area contributed by atoms with Gasteiger partial charge in [-0.15, -0.1) is 0 Å². The summed E-state index contributed by atoms with van der Waals surface area (Å²) in [6.07, 6.45) is -5.24. The largest absolute Gasteiger partial charge is 0.491 e. The maximum absolute atomic E-state index is 12.8. The van der Waals surface area contributed by atoms with E-state index in [0.29, 0.717) is 18.7 Å². The van der Waals surface area contributed by atoms with Crippen LogP contribution >= 0.6 is 0 Å². The summed E-state index contributed by atoms with van der Waals surface area (Å²) in [6, 6.07) is 5.38. The van der Waals surface area contributed by atoms with Crippen molar-refractivity contribution in [2.75, 3.05) is 32.8 Å². The van der Waals surface area contributed by atoms with Crippen molar-refractivity contribution in [3.05, 3.63) is 29.3 Å². The molecule has 2 amide bonds. The Kier molecular flexibility index (Phi) is 9.50. The smallest absolute Gasteiger partial charge is 0.471 e. The molecule has 1 aromatic carbocycles. The number of nitrogens with zero attached hydrogens (tertiary/aromatic N) is 2. The molecule has 0 aromatic heterocycles. The first-order valence-electron chi connectivity index (χ1n) is 10.6. The van der Waals surface area contributed by atoms with Crippen LogP contribution in [-0.2, 0) is 27.3 Å². The van der Waals surface area contributed by atoms with Crippen molar-refractivity contribution in [2.24, 2.45) is 10.9 Å². The van der Waals surface area contributed by atoms with Crippen LogP contribution in [0.5, 0.6) is 5.75 Å². The van der Waals surface area contributed by atoms with Gasteiger partial charge in [0, 0.05) is 19.6 Å². The van der Waals surface area contributed by atoms with Gasteiger partial charge in [0.2, 0.25) is 5.96 Å². The van der Waals surface area contributed by atoms with Gasteiger partial charge in [-0.25, -0.2) is 10.7 Å². The molecule has 0 saturated heterocycles. The highest BCUT2D eigenvalue weighted by Gasteiger charge is 2.40. The van der Waals surface area contributed by atoms with Gasteiger partial charge in [0.25, 0.3) is 0 Å². The molecule has 0 fully saturated rings. The number of fused-ring (bicyclic) bond motifs is 1. The number of nitrogens with one attached hydrogen (secondary N) is 2. The molecule has 1 aliphatic heterocycles. The van der Waals surface area contributed by atoms with E-state index in [0.717, 1.165) is 11.1 Å². The number of carbonyl (C=O) groups excluding carboxylic acids is 2. The second kappa shape index (κ2) is 11.9. The number of amides is 2. The number of carbonyl (C=O) groups is 2. The van der Waals surface area contributed by atoms with Crippen molar-refractivity contribution in [2.45, 2.75) is 45.5 Å². The van der Waals surface area contributed by atoms with Crippen LogP contribution in [0.25, 0.3) is 0 Å². The number of ether oxygens (including phenoxy) is 2. The Bertz CT molecular complexity index is 887. The van der Waals surface area contributed by atoms with Crippen LogP contribution in [0.1, 0.15) is 31.9 Å². The molecule has 4 N–H and O–H groups in total. The zero-order valence-electron chi connectivity index (χ0n) is 19.3. The van der Waals surface area contributed by atoms with Gasteiger partial charge >= 0.3 is 18.2 Å². The number of hydrogen-bond acceptors (Lipinski definition) is 7. The topological polar surface area (TPSA) is 128 Å². The van der Waals surface area contributed by atoms with Crippen LogP contribution in [0.2, 0.25) is 0 Å². The molecule has 1 aliphatic rings. The Morgan fingerprint density at radius 2 is 1.91 bits per heavy atom. The summed E-state index contributed by atoms with van der Waals surface area (Å²) in [6.45, 7) is 6.11. The van der Waals surface area contributed by atoms with Crippen LogP contribution < -0.4 is 21.3 Å². The number of aliphatic imine (C=N–C) groups is 1. The van der Waals surface area contributed by atoms with Crippen molar-refractivity contribution in [1.82, 2.24) is 15.5 Å². The van der Waals surface area contributed by atoms with E-state index < -0.39 is 23.8 Å². The fraction of sp³-hybridized carbons (Fsp3) is 0.571. The lowest BCUT2D eigenvalue weighted by Gasteiger charge is -2.32. The normalized spacial score (nSPS) is 14.3. The molecule has 0 atom stereocenters. The predicted molar refractivity (Wildman–Crippen MR) is 117 cm³/mol. The maximum Gasteiger partial charge on any atom is 0.471 e. The van der Waals surface area contributed by atoms with Crippen molar-refractivity contribution in [3.8, 4) is 5.75 Å². The number of alkyl carbamates (subject to hydrolysis) is 1. The zero-order chi connectivity index (χ0) is 25.4. The SMILES string of the molecule is CC(C)(C)OC(=O)NCCN=C(NC(=O)C(F)(F)F)N1CCc2cc(OCCON)ccc2C1. The minimum Gasteiger partial charge on any atom is -0.491 e. The van der Waals surface area contributed by atoms with E-state index in [1.165, 1.54) is 0 Å². The Balaban J connectivity index is 2.07. The van der Waals surface area contributed by atoms with Gasteiger partial charge in [0.05, 0.1) is 6.54 Å². The van der Waals surface area contributed by atoms with Crippen LogP contribution in [0.3, 0.4) is 0 Å². The Labute approximate surface area is 195 Å². The summed E-state index contributed by atoms with van der Waals surface area (Å²) < 4.78 is 49.2. The first kappa shape index (κ1) is 27.2. The molecule has 0 bridgehead atoms. The van der Waals surface area contributed by atoms with Crippen LogP contribution in [0.15, 0.2) is 23.2 Å². The first-order valence-corrected chi connectivity index (χ1v) is 10.6. The van der Waals surface area contributed by atoms with Crippen molar-refractivity contribution in [3.63, 3.8) is 0 Å². The molecule has 0 unspecified atom stereocenters. The Hall–Kier alpha value is -3.06. The lowest BCUT2D eigenvalue weighted by Crippen LogP contribution is -2.50. The summed E-state index contributed by atoms with van der Waals surface area (Å²) >= 11 is 0. The van der Waals surface area contributed by atoms with Crippen LogP contribution in [0.4, 0.5) is 18.0 Å². The van der Waals surface area contributed by atoms with Crippen molar-refractivity contribution >= 4 is 18.0 Å². The van der Waals surface area contributed by atoms with Gasteiger partial charge in [0.15, 0.2) is 0 Å². The molecular formula is C21H30F3N5O5. The molecule has 0 aliphatic carbocycles. The monoisotopic (exact) mass is 489 g/mol. The highest BCUT2D eigenvalue weighted by Crippen LogP contribution is 2.24.